The van der Waals surface area contributed by atoms with E-state index in [1.54, 1.807) is 0 Å². The lowest BCUT2D eigenvalue weighted by Crippen LogP contribution is -1.97. The molecule has 0 spiro atoms. The molecule has 0 atom stereocenters. The Balaban J connectivity index is 2.22. The molecule has 0 aliphatic heterocycles. The maximum absolute atomic E-state index is 5.92. The van der Waals surface area contributed by atoms with E-state index in [1.165, 1.54) is 0 Å². The van der Waals surface area contributed by atoms with Crippen molar-refractivity contribution < 1.29 is 4.74 Å². The van der Waals surface area contributed by atoms with Gasteiger partial charge in [0.2, 0.25) is 0 Å². The van der Waals surface area contributed by atoms with Crippen molar-refractivity contribution in [3.8, 4) is 5.75 Å². The van der Waals surface area contributed by atoms with Crippen molar-refractivity contribution in [2.75, 3.05) is 17.7 Å². The molecular formula is C14H15BrN2O. The maximum Gasteiger partial charge on any atom is 0.121 e. The van der Waals surface area contributed by atoms with Crippen LogP contribution in [0.3, 0.4) is 0 Å². The van der Waals surface area contributed by atoms with E-state index in [2.05, 4.69) is 21.2 Å². The number of ether oxygens (including phenoxy) is 1. The molecule has 0 amide bonds. The smallest absolute Gasteiger partial charge is 0.121 e. The van der Waals surface area contributed by atoms with Crippen molar-refractivity contribution in [3.05, 3.63) is 46.9 Å². The van der Waals surface area contributed by atoms with Crippen LogP contribution in [0.15, 0.2) is 46.9 Å². The van der Waals surface area contributed by atoms with Gasteiger partial charge in [-0.15, -0.1) is 0 Å². The van der Waals surface area contributed by atoms with Crippen molar-refractivity contribution in [1.29, 1.82) is 0 Å². The number of nitrogens with one attached hydrogen (secondary N) is 1. The van der Waals surface area contributed by atoms with Gasteiger partial charge in [0.15, 0.2) is 0 Å². The molecule has 2 aromatic carbocycles. The minimum atomic E-state index is 0.655. The van der Waals surface area contributed by atoms with Crippen LogP contribution < -0.4 is 15.8 Å². The first-order valence-corrected chi connectivity index (χ1v) is 6.53. The molecule has 0 aliphatic carbocycles. The van der Waals surface area contributed by atoms with Gasteiger partial charge in [-0.05, 0) is 37.3 Å². The second kappa shape index (κ2) is 5.78. The monoisotopic (exact) mass is 306 g/mol. The molecule has 2 rings (SSSR count). The fourth-order valence-electron chi connectivity index (χ4n) is 1.62. The second-order valence-electron chi connectivity index (χ2n) is 3.82. The third-order valence-corrected chi connectivity index (χ3v) is 2.93. The normalized spacial score (nSPS) is 10.1. The average molecular weight is 307 g/mol. The molecule has 0 fully saturated rings. The molecule has 4 heteroatoms. The van der Waals surface area contributed by atoms with Crippen LogP contribution in [0.4, 0.5) is 17.1 Å². The van der Waals surface area contributed by atoms with Gasteiger partial charge < -0.3 is 15.8 Å². The number of anilines is 3. The average Bonchev–Trinajstić information content (AvgIpc) is 2.35. The summed E-state index contributed by atoms with van der Waals surface area (Å²) in [6.45, 7) is 2.62. The first-order valence-electron chi connectivity index (χ1n) is 5.74. The van der Waals surface area contributed by atoms with Crippen molar-refractivity contribution in [2.45, 2.75) is 6.92 Å². The summed E-state index contributed by atoms with van der Waals surface area (Å²) in [7, 11) is 0. The molecule has 94 valence electrons. The first kappa shape index (κ1) is 12.8. The number of rotatable bonds is 4. The molecule has 0 saturated carbocycles. The Bertz CT molecular complexity index is 543. The zero-order valence-corrected chi connectivity index (χ0v) is 11.7. The van der Waals surface area contributed by atoms with E-state index in [0.29, 0.717) is 12.3 Å². The molecule has 0 radical (unpaired) electrons. The Kier molecular flexibility index (Phi) is 4.10. The van der Waals surface area contributed by atoms with Crippen LogP contribution in [0.25, 0.3) is 0 Å². The van der Waals surface area contributed by atoms with Gasteiger partial charge in [-0.25, -0.2) is 0 Å². The maximum atomic E-state index is 5.92. The van der Waals surface area contributed by atoms with Gasteiger partial charge in [-0.3, -0.25) is 0 Å². The number of hydrogen-bond acceptors (Lipinski definition) is 3. The fourth-order valence-corrected chi connectivity index (χ4v) is 1.98. The summed E-state index contributed by atoms with van der Waals surface area (Å²) in [5.74, 6) is 0.844. The van der Waals surface area contributed by atoms with Gasteiger partial charge in [0.25, 0.3) is 0 Å². The van der Waals surface area contributed by atoms with Crippen LogP contribution in [0, 0.1) is 0 Å². The highest BCUT2D eigenvalue weighted by Gasteiger charge is 2.02. The molecule has 2 aromatic rings. The van der Waals surface area contributed by atoms with Crippen LogP contribution >= 0.6 is 15.9 Å². The molecule has 3 N–H and O–H groups in total. The van der Waals surface area contributed by atoms with E-state index in [4.69, 9.17) is 10.5 Å². The number of nitrogens with two attached hydrogens (primary N) is 1. The van der Waals surface area contributed by atoms with Gasteiger partial charge in [0.05, 0.1) is 18.0 Å². The van der Waals surface area contributed by atoms with Crippen LogP contribution in [0.1, 0.15) is 6.92 Å². The quantitative estimate of drug-likeness (QED) is 0.833. The highest BCUT2D eigenvalue weighted by atomic mass is 79.9. The Hall–Kier alpha value is -1.68. The lowest BCUT2D eigenvalue weighted by Gasteiger charge is -2.11. The highest BCUT2D eigenvalue weighted by Crippen LogP contribution is 2.28. The topological polar surface area (TPSA) is 47.3 Å². The summed E-state index contributed by atoms with van der Waals surface area (Å²) in [5.41, 5.74) is 8.45. The third kappa shape index (κ3) is 3.17. The second-order valence-corrected chi connectivity index (χ2v) is 4.73. The highest BCUT2D eigenvalue weighted by molar-refractivity contribution is 9.10. The van der Waals surface area contributed by atoms with Gasteiger partial charge in [0, 0.05) is 16.2 Å². The zero-order chi connectivity index (χ0) is 13.0. The van der Waals surface area contributed by atoms with Crippen LogP contribution in [-0.2, 0) is 0 Å². The van der Waals surface area contributed by atoms with Gasteiger partial charge in [-0.2, -0.15) is 0 Å². The zero-order valence-electron chi connectivity index (χ0n) is 10.1. The molecule has 3 nitrogen and oxygen atoms in total. The number of hydrogen-bond donors (Lipinski definition) is 2. The summed E-state index contributed by atoms with van der Waals surface area (Å²) in [6.07, 6.45) is 0. The molecular weight excluding hydrogens is 292 g/mol. The van der Waals surface area contributed by atoms with E-state index >= 15 is 0 Å². The lowest BCUT2D eigenvalue weighted by atomic mass is 10.2. The molecule has 18 heavy (non-hydrogen) atoms. The number of nitrogen functional groups attached to an aromatic ring is 1. The summed E-state index contributed by atoms with van der Waals surface area (Å²) >= 11 is 3.43. The lowest BCUT2D eigenvalue weighted by molar-refractivity contribution is 0.340. The summed E-state index contributed by atoms with van der Waals surface area (Å²) in [6, 6.07) is 13.5. The van der Waals surface area contributed by atoms with E-state index in [9.17, 15) is 0 Å². The molecule has 0 bridgehead atoms. The molecule has 0 aliphatic rings. The van der Waals surface area contributed by atoms with Gasteiger partial charge in [0.1, 0.15) is 5.75 Å². The van der Waals surface area contributed by atoms with Crippen molar-refractivity contribution in [1.82, 2.24) is 0 Å². The number of benzene rings is 2. The van der Waals surface area contributed by atoms with E-state index in [1.807, 2.05) is 49.4 Å². The van der Waals surface area contributed by atoms with Crippen LogP contribution in [0.5, 0.6) is 5.75 Å². The van der Waals surface area contributed by atoms with Gasteiger partial charge >= 0.3 is 0 Å². The van der Waals surface area contributed by atoms with Crippen molar-refractivity contribution in [2.24, 2.45) is 0 Å². The number of halogens is 1. The minimum Gasteiger partial charge on any atom is -0.494 e. The molecule has 0 unspecified atom stereocenters. The van der Waals surface area contributed by atoms with E-state index in [0.717, 1.165) is 21.6 Å². The van der Waals surface area contributed by atoms with Crippen LogP contribution in [-0.4, -0.2) is 6.61 Å². The van der Waals surface area contributed by atoms with Crippen molar-refractivity contribution in [3.63, 3.8) is 0 Å². The summed E-state index contributed by atoms with van der Waals surface area (Å²) < 4.78 is 6.44. The molecule has 0 aromatic heterocycles. The van der Waals surface area contributed by atoms with Crippen LogP contribution in [0.2, 0.25) is 0 Å². The predicted molar refractivity (Wildman–Crippen MR) is 79.4 cm³/mol. The first-order chi connectivity index (χ1) is 8.69. The minimum absolute atomic E-state index is 0.655. The Morgan fingerprint density at radius 3 is 2.83 bits per heavy atom. The largest absolute Gasteiger partial charge is 0.494 e. The fraction of sp³-hybridized carbons (Fsp3) is 0.143. The van der Waals surface area contributed by atoms with Gasteiger partial charge in [-0.1, -0.05) is 22.0 Å². The summed E-state index contributed by atoms with van der Waals surface area (Å²) in [4.78, 5) is 0. The standard InChI is InChI=1S/C14H15BrN2O/c1-2-18-12-5-3-4-11(9-12)17-14-8-10(15)6-7-13(14)16/h3-9,17H,2,16H2,1H3. The predicted octanol–water partition coefficient (Wildman–Crippen LogP) is 4.17. The Morgan fingerprint density at radius 2 is 2.06 bits per heavy atom. The SMILES string of the molecule is CCOc1cccc(Nc2cc(Br)ccc2N)c1. The van der Waals surface area contributed by atoms with E-state index < -0.39 is 0 Å². The van der Waals surface area contributed by atoms with E-state index in [-0.39, 0.29) is 0 Å². The molecule has 0 heterocycles. The third-order valence-electron chi connectivity index (χ3n) is 2.44. The molecule has 0 saturated heterocycles. The summed E-state index contributed by atoms with van der Waals surface area (Å²) in [5, 5.41) is 3.28. The Labute approximate surface area is 115 Å². The van der Waals surface area contributed by atoms with Crippen molar-refractivity contribution >= 4 is 33.0 Å². The Morgan fingerprint density at radius 1 is 1.22 bits per heavy atom.